The molecule has 1 N–H and O–H groups in total. The molecule has 1 heterocycles. The average molecular weight is 316 g/mol. The monoisotopic (exact) mass is 316 g/mol. The largest absolute Gasteiger partial charge is 0.343 e. The van der Waals surface area contributed by atoms with Crippen LogP contribution in [0.3, 0.4) is 0 Å². The highest BCUT2D eigenvalue weighted by atomic mass is 16.2. The molecule has 23 heavy (non-hydrogen) atoms. The molecular weight excluding hydrogens is 288 g/mol. The maximum Gasteiger partial charge on any atom is 0.227 e. The first-order valence-corrected chi connectivity index (χ1v) is 8.51. The van der Waals surface area contributed by atoms with Crippen LogP contribution in [0.4, 0.5) is 5.69 Å². The summed E-state index contributed by atoms with van der Waals surface area (Å²) >= 11 is 0. The molecule has 4 heteroatoms. The van der Waals surface area contributed by atoms with Gasteiger partial charge >= 0.3 is 0 Å². The summed E-state index contributed by atoms with van der Waals surface area (Å²) in [5, 5.41) is 3.10. The summed E-state index contributed by atoms with van der Waals surface area (Å²) in [6, 6.07) is 7.99. The number of benzene rings is 1. The van der Waals surface area contributed by atoms with Crippen molar-refractivity contribution < 1.29 is 9.59 Å². The number of carbonyl (C=O) groups is 2. The Morgan fingerprint density at radius 1 is 1.17 bits per heavy atom. The molecule has 1 aliphatic rings. The third-order valence-corrected chi connectivity index (χ3v) is 4.51. The number of nitrogens with zero attached hydrogens (tertiary/aromatic N) is 1. The van der Waals surface area contributed by atoms with Gasteiger partial charge in [-0.15, -0.1) is 0 Å². The third-order valence-electron chi connectivity index (χ3n) is 4.51. The van der Waals surface area contributed by atoms with E-state index in [0.717, 1.165) is 24.1 Å². The summed E-state index contributed by atoms with van der Waals surface area (Å²) < 4.78 is 0. The van der Waals surface area contributed by atoms with Gasteiger partial charge in [0.15, 0.2) is 0 Å². The maximum atomic E-state index is 12.6. The van der Waals surface area contributed by atoms with Crippen LogP contribution in [-0.2, 0) is 15.0 Å². The van der Waals surface area contributed by atoms with E-state index in [1.165, 1.54) is 0 Å². The highest BCUT2D eigenvalue weighted by Crippen LogP contribution is 2.30. The maximum absolute atomic E-state index is 12.6. The lowest BCUT2D eigenvalue weighted by atomic mass is 9.85. The second kappa shape index (κ2) is 7.16. The Hall–Kier alpha value is -1.84. The second-order valence-corrected chi connectivity index (χ2v) is 7.29. The van der Waals surface area contributed by atoms with E-state index in [4.69, 9.17) is 0 Å². The molecule has 0 saturated carbocycles. The summed E-state index contributed by atoms with van der Waals surface area (Å²) in [6.45, 7) is 9.69. The Kier molecular flexibility index (Phi) is 5.45. The molecule has 2 amide bonds. The van der Waals surface area contributed by atoms with Gasteiger partial charge < -0.3 is 10.2 Å². The molecule has 0 aromatic heterocycles. The SMILES string of the molecule is CCC(=O)N1CCC(C(=O)Nc2ccccc2C(C)(C)C)CC1. The van der Waals surface area contributed by atoms with Gasteiger partial charge in [-0.3, -0.25) is 9.59 Å². The van der Waals surface area contributed by atoms with E-state index in [1.54, 1.807) is 0 Å². The minimum Gasteiger partial charge on any atom is -0.343 e. The Morgan fingerprint density at radius 3 is 2.35 bits per heavy atom. The summed E-state index contributed by atoms with van der Waals surface area (Å²) in [5.41, 5.74) is 2.03. The van der Waals surface area contributed by atoms with Crippen molar-refractivity contribution >= 4 is 17.5 Å². The molecule has 4 nitrogen and oxygen atoms in total. The number of piperidine rings is 1. The van der Waals surface area contributed by atoms with E-state index in [-0.39, 0.29) is 23.1 Å². The van der Waals surface area contributed by atoms with E-state index in [2.05, 4.69) is 32.2 Å². The molecular formula is C19H28N2O2. The number of hydrogen-bond acceptors (Lipinski definition) is 2. The van der Waals surface area contributed by atoms with Crippen LogP contribution in [0.1, 0.15) is 52.5 Å². The van der Waals surface area contributed by atoms with Crippen molar-refractivity contribution in [2.45, 2.75) is 52.4 Å². The fourth-order valence-corrected chi connectivity index (χ4v) is 3.10. The third kappa shape index (κ3) is 4.34. The van der Waals surface area contributed by atoms with Gasteiger partial charge in [-0.1, -0.05) is 45.9 Å². The van der Waals surface area contributed by atoms with Gasteiger partial charge in [-0.05, 0) is 29.9 Å². The highest BCUT2D eigenvalue weighted by Gasteiger charge is 2.27. The van der Waals surface area contributed by atoms with Crippen LogP contribution in [0.5, 0.6) is 0 Å². The molecule has 1 aromatic carbocycles. The lowest BCUT2D eigenvalue weighted by Gasteiger charge is -2.31. The van der Waals surface area contributed by atoms with Crippen LogP contribution in [0.2, 0.25) is 0 Å². The van der Waals surface area contributed by atoms with Crippen molar-refractivity contribution in [2.24, 2.45) is 5.92 Å². The summed E-state index contributed by atoms with van der Waals surface area (Å²) in [4.78, 5) is 26.2. The minimum atomic E-state index is -0.0131. The molecule has 1 saturated heterocycles. The van der Waals surface area contributed by atoms with Crippen molar-refractivity contribution in [1.82, 2.24) is 4.90 Å². The molecule has 0 bridgehead atoms. The van der Waals surface area contributed by atoms with E-state index < -0.39 is 0 Å². The van der Waals surface area contributed by atoms with E-state index >= 15 is 0 Å². The molecule has 0 radical (unpaired) electrons. The van der Waals surface area contributed by atoms with Crippen LogP contribution in [0, 0.1) is 5.92 Å². The summed E-state index contributed by atoms with van der Waals surface area (Å²) in [7, 11) is 0. The smallest absolute Gasteiger partial charge is 0.227 e. The van der Waals surface area contributed by atoms with Gasteiger partial charge in [0.25, 0.3) is 0 Å². The van der Waals surface area contributed by atoms with Gasteiger partial charge in [0.05, 0.1) is 0 Å². The van der Waals surface area contributed by atoms with Crippen LogP contribution in [0.25, 0.3) is 0 Å². The van der Waals surface area contributed by atoms with Gasteiger partial charge in [-0.2, -0.15) is 0 Å². The van der Waals surface area contributed by atoms with Gasteiger partial charge in [0.2, 0.25) is 11.8 Å². The van der Waals surface area contributed by atoms with Gasteiger partial charge in [0.1, 0.15) is 0 Å². The molecule has 1 aromatic rings. The fraction of sp³-hybridized carbons (Fsp3) is 0.579. The number of anilines is 1. The molecule has 0 atom stereocenters. The molecule has 126 valence electrons. The van der Waals surface area contributed by atoms with Crippen molar-refractivity contribution in [2.75, 3.05) is 18.4 Å². The van der Waals surface area contributed by atoms with E-state index in [1.807, 2.05) is 30.0 Å². The lowest BCUT2D eigenvalue weighted by Crippen LogP contribution is -2.41. The Morgan fingerprint density at radius 2 is 1.78 bits per heavy atom. The lowest BCUT2D eigenvalue weighted by molar-refractivity contribution is -0.134. The molecule has 2 rings (SSSR count). The van der Waals surface area contributed by atoms with Crippen LogP contribution in [0.15, 0.2) is 24.3 Å². The number of carbonyl (C=O) groups excluding carboxylic acids is 2. The Balaban J connectivity index is 2.00. The first-order valence-electron chi connectivity index (χ1n) is 8.51. The highest BCUT2D eigenvalue weighted by molar-refractivity contribution is 5.93. The second-order valence-electron chi connectivity index (χ2n) is 7.29. The van der Waals surface area contributed by atoms with Crippen LogP contribution in [-0.4, -0.2) is 29.8 Å². The number of rotatable bonds is 3. The zero-order valence-corrected chi connectivity index (χ0v) is 14.7. The Labute approximate surface area is 139 Å². The minimum absolute atomic E-state index is 0.0102. The first-order chi connectivity index (χ1) is 10.8. The zero-order valence-electron chi connectivity index (χ0n) is 14.7. The topological polar surface area (TPSA) is 49.4 Å². The van der Waals surface area contributed by atoms with Crippen molar-refractivity contribution in [3.05, 3.63) is 29.8 Å². The number of likely N-dealkylation sites (tertiary alicyclic amines) is 1. The first kappa shape index (κ1) is 17.5. The molecule has 0 spiro atoms. The average Bonchev–Trinajstić information content (AvgIpc) is 2.53. The predicted octanol–water partition coefficient (Wildman–Crippen LogP) is 3.57. The van der Waals surface area contributed by atoms with E-state index in [0.29, 0.717) is 19.5 Å². The number of hydrogen-bond donors (Lipinski definition) is 1. The summed E-state index contributed by atoms with van der Waals surface area (Å²) in [5.74, 6) is 0.246. The standard InChI is InChI=1S/C19H28N2O2/c1-5-17(22)21-12-10-14(11-13-21)18(23)20-16-9-7-6-8-15(16)19(2,3)4/h6-9,14H,5,10-13H2,1-4H3,(H,20,23). The number of amides is 2. The summed E-state index contributed by atoms with van der Waals surface area (Å²) in [6.07, 6.45) is 2.03. The molecule has 1 aliphatic heterocycles. The number of nitrogens with one attached hydrogen (secondary N) is 1. The molecule has 0 aliphatic carbocycles. The van der Waals surface area contributed by atoms with Gasteiger partial charge in [0, 0.05) is 31.1 Å². The van der Waals surface area contributed by atoms with Crippen LogP contribution < -0.4 is 5.32 Å². The molecule has 0 unspecified atom stereocenters. The molecule has 1 fully saturated rings. The number of para-hydroxylation sites is 1. The zero-order chi connectivity index (χ0) is 17.0. The van der Waals surface area contributed by atoms with Crippen LogP contribution >= 0.6 is 0 Å². The van der Waals surface area contributed by atoms with Crippen molar-refractivity contribution in [3.8, 4) is 0 Å². The van der Waals surface area contributed by atoms with Crippen molar-refractivity contribution in [1.29, 1.82) is 0 Å². The normalized spacial score (nSPS) is 16.3. The van der Waals surface area contributed by atoms with Crippen molar-refractivity contribution in [3.63, 3.8) is 0 Å². The van der Waals surface area contributed by atoms with E-state index in [9.17, 15) is 9.59 Å². The predicted molar refractivity (Wildman–Crippen MR) is 93.4 cm³/mol. The van der Waals surface area contributed by atoms with Gasteiger partial charge in [-0.25, -0.2) is 0 Å². The fourth-order valence-electron chi connectivity index (χ4n) is 3.10. The Bertz CT molecular complexity index is 567. The quantitative estimate of drug-likeness (QED) is 0.926.